The molecule has 0 bridgehead atoms. The molecule has 0 aliphatic carbocycles. The molecule has 1 aromatic carbocycles. The van der Waals surface area contributed by atoms with Crippen LogP contribution in [0.2, 0.25) is 0 Å². The van der Waals surface area contributed by atoms with E-state index in [1.807, 2.05) is 11.8 Å². The minimum Gasteiger partial charge on any atom is -0.351 e. The van der Waals surface area contributed by atoms with Gasteiger partial charge >= 0.3 is 12.4 Å². The fourth-order valence-electron chi connectivity index (χ4n) is 4.50. The summed E-state index contributed by atoms with van der Waals surface area (Å²) < 4.78 is 109. The number of benzene rings is 1. The van der Waals surface area contributed by atoms with Gasteiger partial charge in [-0.1, -0.05) is 13.0 Å². The molecule has 0 amide bonds. The summed E-state index contributed by atoms with van der Waals surface area (Å²) in [5.74, 6) is -0.138. The van der Waals surface area contributed by atoms with Gasteiger partial charge in [-0.3, -0.25) is 0 Å². The summed E-state index contributed by atoms with van der Waals surface area (Å²) in [5, 5.41) is 2.94. The standard InChI is InChI=1S/C25H29F6N7O2S/c1-4-36(2)13-16-5-6-21(18(11-16)24(26,27)28)37-14-20(33-15-37)22-19(25(29,30)31)12-32-23(35-22)34-17-7-9-38(10-8-17)41(3,39)40/h5-6,11-12,14-15,17H,4,7-10,13H2,1-3H3,(H,32,34,35). The second kappa shape index (κ2) is 11.6. The van der Waals surface area contributed by atoms with Crippen molar-refractivity contribution in [3.63, 3.8) is 0 Å². The highest BCUT2D eigenvalue weighted by Crippen LogP contribution is 2.38. The number of halogens is 6. The van der Waals surface area contributed by atoms with Crippen LogP contribution in [0.25, 0.3) is 17.1 Å². The first-order chi connectivity index (χ1) is 19.1. The van der Waals surface area contributed by atoms with E-state index in [2.05, 4.69) is 20.3 Å². The molecule has 4 rings (SSSR count). The normalized spacial score (nSPS) is 16.0. The summed E-state index contributed by atoms with van der Waals surface area (Å²) in [5.41, 5.74) is -2.91. The van der Waals surface area contributed by atoms with E-state index in [9.17, 15) is 34.8 Å². The molecule has 3 aromatic rings. The van der Waals surface area contributed by atoms with E-state index in [-0.39, 0.29) is 43.0 Å². The predicted molar refractivity (Wildman–Crippen MR) is 140 cm³/mol. The van der Waals surface area contributed by atoms with Crippen LogP contribution in [-0.2, 0) is 28.9 Å². The van der Waals surface area contributed by atoms with E-state index in [1.54, 1.807) is 7.05 Å². The van der Waals surface area contributed by atoms with E-state index in [0.717, 1.165) is 29.4 Å². The summed E-state index contributed by atoms with van der Waals surface area (Å²) in [7, 11) is -1.59. The molecule has 1 fully saturated rings. The molecule has 0 unspecified atom stereocenters. The second-order valence-corrected chi connectivity index (χ2v) is 11.9. The first kappa shape index (κ1) is 30.7. The molecule has 0 saturated carbocycles. The summed E-state index contributed by atoms with van der Waals surface area (Å²) in [6, 6.07) is 3.51. The molecule has 0 spiro atoms. The molecule has 9 nitrogen and oxygen atoms in total. The molecular formula is C25H29F6N7O2S. The smallest absolute Gasteiger partial charge is 0.351 e. The first-order valence-corrected chi connectivity index (χ1v) is 14.5. The zero-order chi connectivity index (χ0) is 30.2. The zero-order valence-corrected chi connectivity index (χ0v) is 23.3. The van der Waals surface area contributed by atoms with E-state index in [1.165, 1.54) is 16.4 Å². The Labute approximate surface area is 233 Å². The SMILES string of the molecule is CCN(C)Cc1ccc(-n2cnc(-c3nc(NC4CCN(S(C)(=O)=O)CC4)ncc3C(F)(F)F)c2)c(C(F)(F)F)c1. The molecule has 16 heteroatoms. The quantitative estimate of drug-likeness (QED) is 0.374. The molecule has 41 heavy (non-hydrogen) atoms. The van der Waals surface area contributed by atoms with E-state index in [0.29, 0.717) is 31.1 Å². The van der Waals surface area contributed by atoms with Crippen LogP contribution < -0.4 is 5.32 Å². The number of piperidine rings is 1. The van der Waals surface area contributed by atoms with Crippen LogP contribution in [0.3, 0.4) is 0 Å². The predicted octanol–water partition coefficient (Wildman–Crippen LogP) is 4.65. The summed E-state index contributed by atoms with van der Waals surface area (Å²) >= 11 is 0. The molecule has 1 saturated heterocycles. The lowest BCUT2D eigenvalue weighted by Crippen LogP contribution is -2.42. The minimum absolute atomic E-state index is 0.138. The molecule has 0 atom stereocenters. The Morgan fingerprint density at radius 3 is 2.29 bits per heavy atom. The highest BCUT2D eigenvalue weighted by atomic mass is 32.2. The van der Waals surface area contributed by atoms with Gasteiger partial charge in [-0.25, -0.2) is 27.7 Å². The lowest BCUT2D eigenvalue weighted by molar-refractivity contribution is -0.138. The highest BCUT2D eigenvalue weighted by Gasteiger charge is 2.37. The molecule has 3 heterocycles. The number of rotatable bonds is 8. The van der Waals surface area contributed by atoms with Gasteiger partial charge in [0, 0.05) is 38.1 Å². The van der Waals surface area contributed by atoms with Gasteiger partial charge in [0.2, 0.25) is 16.0 Å². The minimum atomic E-state index is -4.86. The van der Waals surface area contributed by atoms with Crippen LogP contribution in [0.1, 0.15) is 36.5 Å². The number of sulfonamides is 1. The van der Waals surface area contributed by atoms with E-state index < -0.39 is 39.2 Å². The lowest BCUT2D eigenvalue weighted by Gasteiger charge is -2.30. The van der Waals surface area contributed by atoms with Crippen LogP contribution in [0.5, 0.6) is 0 Å². The Hall–Kier alpha value is -3.24. The first-order valence-electron chi connectivity index (χ1n) is 12.7. The van der Waals surface area contributed by atoms with Crippen molar-refractivity contribution >= 4 is 16.0 Å². The van der Waals surface area contributed by atoms with Crippen molar-refractivity contribution < 1.29 is 34.8 Å². The number of nitrogens with zero attached hydrogens (tertiary/aromatic N) is 6. The molecule has 1 N–H and O–H groups in total. The lowest BCUT2D eigenvalue weighted by atomic mass is 10.1. The van der Waals surface area contributed by atoms with Crippen LogP contribution in [0.15, 0.2) is 36.9 Å². The van der Waals surface area contributed by atoms with Crippen molar-refractivity contribution in [2.24, 2.45) is 0 Å². The monoisotopic (exact) mass is 605 g/mol. The third kappa shape index (κ3) is 7.35. The highest BCUT2D eigenvalue weighted by molar-refractivity contribution is 7.88. The summed E-state index contributed by atoms with van der Waals surface area (Å²) in [6.45, 7) is 3.24. The number of imidazole rings is 1. The molecule has 2 aromatic heterocycles. The van der Waals surface area contributed by atoms with Crippen LogP contribution in [0, 0.1) is 0 Å². The fraction of sp³-hybridized carbons (Fsp3) is 0.480. The van der Waals surface area contributed by atoms with Gasteiger partial charge in [-0.05, 0) is 44.1 Å². The van der Waals surface area contributed by atoms with Gasteiger partial charge in [0.15, 0.2) is 0 Å². The Morgan fingerprint density at radius 2 is 1.71 bits per heavy atom. The van der Waals surface area contributed by atoms with Crippen molar-refractivity contribution in [3.05, 3.63) is 53.6 Å². The number of alkyl halides is 6. The Kier molecular flexibility index (Phi) is 8.66. The Morgan fingerprint density at radius 1 is 1.05 bits per heavy atom. The van der Waals surface area contributed by atoms with Crippen molar-refractivity contribution in [1.29, 1.82) is 0 Å². The third-order valence-corrected chi connectivity index (χ3v) is 8.12. The topological polar surface area (TPSA) is 96.3 Å². The molecule has 1 aliphatic rings. The third-order valence-electron chi connectivity index (χ3n) is 6.81. The van der Waals surface area contributed by atoms with Gasteiger partial charge in [0.1, 0.15) is 17.0 Å². The van der Waals surface area contributed by atoms with Crippen LogP contribution >= 0.6 is 0 Å². The van der Waals surface area contributed by atoms with Gasteiger partial charge in [-0.2, -0.15) is 26.3 Å². The summed E-state index contributed by atoms with van der Waals surface area (Å²) in [6.07, 6.45) is -5.06. The number of nitrogens with one attached hydrogen (secondary N) is 1. The number of hydrogen-bond acceptors (Lipinski definition) is 7. The average molecular weight is 606 g/mol. The molecule has 224 valence electrons. The second-order valence-electron chi connectivity index (χ2n) is 9.88. The average Bonchev–Trinajstić information content (AvgIpc) is 3.37. The van der Waals surface area contributed by atoms with Gasteiger partial charge in [0.25, 0.3) is 0 Å². The maximum Gasteiger partial charge on any atom is 0.420 e. The number of anilines is 1. The van der Waals surface area contributed by atoms with Crippen molar-refractivity contribution in [2.75, 3.05) is 38.3 Å². The molecule has 0 radical (unpaired) electrons. The van der Waals surface area contributed by atoms with Crippen molar-refractivity contribution in [2.45, 2.75) is 44.7 Å². The summed E-state index contributed by atoms with van der Waals surface area (Å²) in [4.78, 5) is 13.6. The zero-order valence-electron chi connectivity index (χ0n) is 22.5. The largest absolute Gasteiger partial charge is 0.420 e. The molecule has 1 aliphatic heterocycles. The van der Waals surface area contributed by atoms with Gasteiger partial charge < -0.3 is 14.8 Å². The maximum absolute atomic E-state index is 14.0. The van der Waals surface area contributed by atoms with Crippen molar-refractivity contribution in [1.82, 2.24) is 28.7 Å². The van der Waals surface area contributed by atoms with Crippen LogP contribution in [-0.4, -0.2) is 76.1 Å². The Balaban J connectivity index is 1.66. The Bertz CT molecular complexity index is 1480. The van der Waals surface area contributed by atoms with Crippen LogP contribution in [0.4, 0.5) is 32.3 Å². The van der Waals surface area contributed by atoms with E-state index >= 15 is 0 Å². The molecular weight excluding hydrogens is 576 g/mol. The van der Waals surface area contributed by atoms with E-state index in [4.69, 9.17) is 0 Å². The fourth-order valence-corrected chi connectivity index (χ4v) is 5.38. The maximum atomic E-state index is 14.0. The van der Waals surface area contributed by atoms with Crippen molar-refractivity contribution in [3.8, 4) is 17.1 Å². The number of aromatic nitrogens is 4. The van der Waals surface area contributed by atoms with Gasteiger partial charge in [-0.15, -0.1) is 0 Å². The van der Waals surface area contributed by atoms with Gasteiger partial charge in [0.05, 0.1) is 23.8 Å². The number of hydrogen-bond donors (Lipinski definition) is 1.